The van der Waals surface area contributed by atoms with Crippen LogP contribution < -0.4 is 16.0 Å². The van der Waals surface area contributed by atoms with Gasteiger partial charge in [0.25, 0.3) is 0 Å². The lowest BCUT2D eigenvalue weighted by Crippen LogP contribution is -2.37. The summed E-state index contributed by atoms with van der Waals surface area (Å²) >= 11 is 0. The second kappa shape index (κ2) is 9.71. The van der Waals surface area contributed by atoms with Crippen LogP contribution in [0, 0.1) is 5.92 Å². The number of rotatable bonds is 7. The Morgan fingerprint density at radius 2 is 2.07 bits per heavy atom. The summed E-state index contributed by atoms with van der Waals surface area (Å²) < 4.78 is 0. The van der Waals surface area contributed by atoms with Crippen LogP contribution in [0.15, 0.2) is 53.7 Å². The van der Waals surface area contributed by atoms with Crippen molar-refractivity contribution < 1.29 is 4.79 Å². The molecule has 1 aromatic carbocycles. The van der Waals surface area contributed by atoms with Crippen molar-refractivity contribution >= 4 is 17.6 Å². The SMILES string of the molecule is CCNC(=NCc1cccc(NC(=O)C2CCC2)c1)NCc1ccccn1. The number of carbonyl (C=O) groups excluding carboxylic acids is 1. The third kappa shape index (κ3) is 5.81. The molecule has 3 N–H and O–H groups in total. The first-order valence-corrected chi connectivity index (χ1v) is 9.56. The number of nitrogens with one attached hydrogen (secondary N) is 3. The molecule has 6 heteroatoms. The van der Waals surface area contributed by atoms with Gasteiger partial charge >= 0.3 is 0 Å². The lowest BCUT2D eigenvalue weighted by atomic mass is 9.85. The Kier molecular flexibility index (Phi) is 6.79. The van der Waals surface area contributed by atoms with E-state index < -0.39 is 0 Å². The normalized spacial score (nSPS) is 14.3. The Morgan fingerprint density at radius 1 is 1.19 bits per heavy atom. The first-order valence-electron chi connectivity index (χ1n) is 9.56. The summed E-state index contributed by atoms with van der Waals surface area (Å²) in [5.74, 6) is 1.06. The van der Waals surface area contributed by atoms with E-state index in [4.69, 9.17) is 0 Å². The minimum absolute atomic E-state index is 0.132. The van der Waals surface area contributed by atoms with E-state index in [1.807, 2.05) is 49.4 Å². The topological polar surface area (TPSA) is 78.4 Å². The van der Waals surface area contributed by atoms with E-state index in [1.54, 1.807) is 6.20 Å². The zero-order valence-corrected chi connectivity index (χ0v) is 15.7. The maximum atomic E-state index is 12.1. The molecule has 1 aliphatic rings. The van der Waals surface area contributed by atoms with Gasteiger partial charge in [-0.15, -0.1) is 0 Å². The van der Waals surface area contributed by atoms with Crippen molar-refractivity contribution in [2.45, 2.75) is 39.3 Å². The van der Waals surface area contributed by atoms with Gasteiger partial charge in [0, 0.05) is 24.3 Å². The van der Waals surface area contributed by atoms with Gasteiger partial charge in [0.15, 0.2) is 5.96 Å². The first-order chi connectivity index (χ1) is 13.2. The van der Waals surface area contributed by atoms with Crippen molar-refractivity contribution in [3.05, 3.63) is 59.9 Å². The molecule has 1 heterocycles. The van der Waals surface area contributed by atoms with Crippen LogP contribution in [0.1, 0.15) is 37.4 Å². The van der Waals surface area contributed by atoms with Crippen LogP contribution in [0.5, 0.6) is 0 Å². The predicted octanol–water partition coefficient (Wildman–Crippen LogP) is 3.08. The molecular formula is C21H27N5O. The largest absolute Gasteiger partial charge is 0.357 e. The molecule has 1 aliphatic carbocycles. The van der Waals surface area contributed by atoms with Crippen molar-refractivity contribution in [2.75, 3.05) is 11.9 Å². The van der Waals surface area contributed by atoms with Gasteiger partial charge in [-0.25, -0.2) is 4.99 Å². The minimum atomic E-state index is 0.132. The molecule has 0 aliphatic heterocycles. The molecule has 0 saturated heterocycles. The fourth-order valence-corrected chi connectivity index (χ4v) is 2.85. The van der Waals surface area contributed by atoms with E-state index in [-0.39, 0.29) is 11.8 Å². The number of hydrogen-bond donors (Lipinski definition) is 3. The second-order valence-corrected chi connectivity index (χ2v) is 6.69. The van der Waals surface area contributed by atoms with Crippen LogP contribution >= 0.6 is 0 Å². The molecule has 0 bridgehead atoms. The third-order valence-electron chi connectivity index (χ3n) is 4.60. The molecule has 1 saturated carbocycles. The molecule has 3 rings (SSSR count). The van der Waals surface area contributed by atoms with E-state index in [2.05, 4.69) is 25.9 Å². The fraction of sp³-hybridized carbons (Fsp3) is 0.381. The van der Waals surface area contributed by atoms with E-state index in [0.29, 0.717) is 13.1 Å². The Hall–Kier alpha value is -2.89. The highest BCUT2D eigenvalue weighted by Crippen LogP contribution is 2.27. The smallest absolute Gasteiger partial charge is 0.227 e. The zero-order chi connectivity index (χ0) is 18.9. The van der Waals surface area contributed by atoms with E-state index in [9.17, 15) is 4.79 Å². The molecule has 27 heavy (non-hydrogen) atoms. The summed E-state index contributed by atoms with van der Waals surface area (Å²) in [6, 6.07) is 13.7. The zero-order valence-electron chi connectivity index (χ0n) is 15.7. The molecule has 0 radical (unpaired) electrons. The van der Waals surface area contributed by atoms with E-state index in [1.165, 1.54) is 0 Å². The van der Waals surface area contributed by atoms with Gasteiger partial charge in [-0.3, -0.25) is 9.78 Å². The average molecular weight is 365 g/mol. The molecule has 142 valence electrons. The summed E-state index contributed by atoms with van der Waals surface area (Å²) in [6.07, 6.45) is 4.95. The van der Waals surface area contributed by atoms with Crippen molar-refractivity contribution in [1.82, 2.24) is 15.6 Å². The van der Waals surface area contributed by atoms with Crippen molar-refractivity contribution in [2.24, 2.45) is 10.9 Å². The summed E-state index contributed by atoms with van der Waals surface area (Å²) in [6.45, 7) is 3.97. The van der Waals surface area contributed by atoms with Gasteiger partial charge in [0.05, 0.1) is 18.8 Å². The lowest BCUT2D eigenvalue weighted by Gasteiger charge is -2.24. The van der Waals surface area contributed by atoms with Crippen LogP contribution in [0.3, 0.4) is 0 Å². The summed E-state index contributed by atoms with van der Waals surface area (Å²) in [7, 11) is 0. The highest BCUT2D eigenvalue weighted by Gasteiger charge is 2.25. The molecule has 0 unspecified atom stereocenters. The standard InChI is InChI=1S/C21H27N5O/c1-2-22-21(25-15-19-10-3-4-12-23-19)24-14-16-7-5-11-18(13-16)26-20(27)17-8-6-9-17/h3-5,7,10-13,17H,2,6,8-9,14-15H2,1H3,(H,26,27)(H2,22,24,25). The second-order valence-electron chi connectivity index (χ2n) is 6.69. The quantitative estimate of drug-likeness (QED) is 0.520. The average Bonchev–Trinajstić information content (AvgIpc) is 2.64. The fourth-order valence-electron chi connectivity index (χ4n) is 2.85. The number of benzene rings is 1. The summed E-state index contributed by atoms with van der Waals surface area (Å²) in [4.78, 5) is 21.1. The first kappa shape index (κ1) is 18.9. The Balaban J connectivity index is 1.57. The van der Waals surface area contributed by atoms with Crippen LogP contribution in [0.4, 0.5) is 5.69 Å². The Labute approximate surface area is 160 Å². The maximum absolute atomic E-state index is 12.1. The monoisotopic (exact) mass is 365 g/mol. The van der Waals surface area contributed by atoms with Crippen molar-refractivity contribution in [3.8, 4) is 0 Å². The molecule has 2 aromatic rings. The number of hydrogen-bond acceptors (Lipinski definition) is 3. The molecule has 1 aromatic heterocycles. The van der Waals surface area contributed by atoms with E-state index in [0.717, 1.165) is 48.7 Å². The van der Waals surface area contributed by atoms with Gasteiger partial charge in [-0.1, -0.05) is 24.6 Å². The van der Waals surface area contributed by atoms with Gasteiger partial charge in [0.1, 0.15) is 0 Å². The van der Waals surface area contributed by atoms with Crippen LogP contribution in [0.2, 0.25) is 0 Å². The number of carbonyl (C=O) groups is 1. The third-order valence-corrected chi connectivity index (χ3v) is 4.60. The number of aromatic nitrogens is 1. The van der Waals surface area contributed by atoms with Crippen LogP contribution in [-0.2, 0) is 17.9 Å². The van der Waals surface area contributed by atoms with Gasteiger partial charge < -0.3 is 16.0 Å². The molecule has 0 atom stereocenters. The van der Waals surface area contributed by atoms with Gasteiger partial charge in [-0.2, -0.15) is 0 Å². The lowest BCUT2D eigenvalue weighted by molar-refractivity contribution is -0.122. The predicted molar refractivity (Wildman–Crippen MR) is 108 cm³/mol. The number of guanidine groups is 1. The molecule has 6 nitrogen and oxygen atoms in total. The van der Waals surface area contributed by atoms with Crippen molar-refractivity contribution in [3.63, 3.8) is 0 Å². The van der Waals surface area contributed by atoms with E-state index >= 15 is 0 Å². The molecular weight excluding hydrogens is 338 g/mol. The van der Waals surface area contributed by atoms with Gasteiger partial charge in [0.2, 0.25) is 5.91 Å². The van der Waals surface area contributed by atoms with Gasteiger partial charge in [-0.05, 0) is 49.6 Å². The minimum Gasteiger partial charge on any atom is -0.357 e. The number of pyridine rings is 1. The number of nitrogens with zero attached hydrogens (tertiary/aromatic N) is 2. The number of amides is 1. The summed E-state index contributed by atoms with van der Waals surface area (Å²) in [5.41, 5.74) is 2.85. The maximum Gasteiger partial charge on any atom is 0.227 e. The highest BCUT2D eigenvalue weighted by molar-refractivity contribution is 5.93. The molecule has 1 fully saturated rings. The summed E-state index contributed by atoms with van der Waals surface area (Å²) in [5, 5.41) is 9.55. The number of aliphatic imine (C=N–C) groups is 1. The Morgan fingerprint density at radius 3 is 2.78 bits per heavy atom. The van der Waals surface area contributed by atoms with Crippen LogP contribution in [0.25, 0.3) is 0 Å². The highest BCUT2D eigenvalue weighted by atomic mass is 16.1. The molecule has 1 amide bonds. The molecule has 0 spiro atoms. The van der Waals surface area contributed by atoms with Crippen LogP contribution in [-0.4, -0.2) is 23.4 Å². The van der Waals surface area contributed by atoms with Crippen molar-refractivity contribution in [1.29, 1.82) is 0 Å². The Bertz CT molecular complexity index is 771. The number of anilines is 1.